The second-order valence-electron chi connectivity index (χ2n) is 4.50. The number of nitrogen functional groups attached to an aromatic ring is 2. The fourth-order valence-corrected chi connectivity index (χ4v) is 2.44. The minimum atomic E-state index is 0.216. The van der Waals surface area contributed by atoms with Gasteiger partial charge in [-0.05, 0) is 24.5 Å². The van der Waals surface area contributed by atoms with Crippen LogP contribution in [0.5, 0.6) is 0 Å². The van der Waals surface area contributed by atoms with Gasteiger partial charge in [-0.2, -0.15) is 9.97 Å². The van der Waals surface area contributed by atoms with E-state index in [1.807, 2.05) is 6.07 Å². The first-order chi connectivity index (χ1) is 9.28. The fourth-order valence-electron chi connectivity index (χ4n) is 2.44. The molecule has 2 aromatic rings. The maximum Gasteiger partial charge on any atom is 0.224 e. The second kappa shape index (κ2) is 4.74. The molecule has 3 rings (SSSR count). The highest BCUT2D eigenvalue weighted by atomic mass is 15.3. The number of hydrazine groups is 1. The Balaban J connectivity index is 2.06. The molecule has 0 atom stereocenters. The smallest absolute Gasteiger partial charge is 0.224 e. The summed E-state index contributed by atoms with van der Waals surface area (Å²) in [6.07, 6.45) is 2.18. The molecule has 0 aliphatic carbocycles. The van der Waals surface area contributed by atoms with Gasteiger partial charge < -0.3 is 16.1 Å². The highest BCUT2D eigenvalue weighted by molar-refractivity contribution is 5.67. The molecular weight excluding hydrogens is 240 g/mol. The average Bonchev–Trinajstić information content (AvgIpc) is 2.46. The van der Waals surface area contributed by atoms with Gasteiger partial charge in [-0.15, -0.1) is 0 Å². The number of nitrogens with zero attached hydrogens (tertiary/aromatic N) is 3. The molecule has 98 valence electrons. The maximum atomic E-state index is 5.72. The van der Waals surface area contributed by atoms with Crippen LogP contribution in [0.15, 0.2) is 30.3 Å². The third-order valence-electron chi connectivity index (χ3n) is 3.26. The Labute approximate surface area is 111 Å². The Hall–Kier alpha value is -2.34. The van der Waals surface area contributed by atoms with E-state index in [0.29, 0.717) is 5.82 Å². The van der Waals surface area contributed by atoms with Crippen molar-refractivity contribution in [3.05, 3.63) is 35.9 Å². The number of nitrogens with two attached hydrogens (primary N) is 2. The van der Waals surface area contributed by atoms with Crippen LogP contribution < -0.4 is 21.9 Å². The summed E-state index contributed by atoms with van der Waals surface area (Å²) in [5.74, 6) is 6.90. The van der Waals surface area contributed by atoms with E-state index in [9.17, 15) is 0 Å². The quantitative estimate of drug-likeness (QED) is 0.556. The van der Waals surface area contributed by atoms with E-state index in [-0.39, 0.29) is 5.95 Å². The Morgan fingerprint density at radius 1 is 1.21 bits per heavy atom. The second-order valence-corrected chi connectivity index (χ2v) is 4.50. The monoisotopic (exact) mass is 256 g/mol. The van der Waals surface area contributed by atoms with Crippen molar-refractivity contribution in [1.82, 2.24) is 9.97 Å². The van der Waals surface area contributed by atoms with Crippen LogP contribution in [-0.4, -0.2) is 16.5 Å². The van der Waals surface area contributed by atoms with E-state index in [1.165, 1.54) is 11.3 Å². The molecule has 0 unspecified atom stereocenters. The SMILES string of the molecule is NNc1cc(N2CCCc3ccccc32)nc(N)n1. The molecule has 0 radical (unpaired) electrons. The van der Waals surface area contributed by atoms with Gasteiger partial charge in [-0.25, -0.2) is 5.84 Å². The lowest BCUT2D eigenvalue weighted by molar-refractivity contribution is 0.759. The molecule has 19 heavy (non-hydrogen) atoms. The topological polar surface area (TPSA) is 93.1 Å². The van der Waals surface area contributed by atoms with Crippen molar-refractivity contribution in [3.63, 3.8) is 0 Å². The molecule has 1 aromatic carbocycles. The number of anilines is 4. The molecule has 0 saturated heterocycles. The van der Waals surface area contributed by atoms with E-state index < -0.39 is 0 Å². The van der Waals surface area contributed by atoms with Crippen molar-refractivity contribution in [2.75, 3.05) is 22.6 Å². The lowest BCUT2D eigenvalue weighted by atomic mass is 10.0. The van der Waals surface area contributed by atoms with Crippen LogP contribution >= 0.6 is 0 Å². The zero-order chi connectivity index (χ0) is 13.2. The van der Waals surface area contributed by atoms with Gasteiger partial charge in [0.2, 0.25) is 5.95 Å². The normalized spacial score (nSPS) is 14.1. The average molecular weight is 256 g/mol. The molecule has 2 heterocycles. The van der Waals surface area contributed by atoms with Gasteiger partial charge in [0.25, 0.3) is 0 Å². The summed E-state index contributed by atoms with van der Waals surface area (Å²) in [6, 6.07) is 10.1. The number of aryl methyl sites for hydroxylation is 1. The van der Waals surface area contributed by atoms with Crippen molar-refractivity contribution in [1.29, 1.82) is 0 Å². The molecular formula is C13H16N6. The molecule has 6 nitrogen and oxygen atoms in total. The minimum absolute atomic E-state index is 0.216. The van der Waals surface area contributed by atoms with Gasteiger partial charge in [0.1, 0.15) is 11.6 Å². The predicted octanol–water partition coefficient (Wildman–Crippen LogP) is 1.43. The Morgan fingerprint density at radius 3 is 2.89 bits per heavy atom. The Bertz CT molecular complexity index is 597. The van der Waals surface area contributed by atoms with Gasteiger partial charge in [0, 0.05) is 18.3 Å². The first kappa shape index (κ1) is 11.7. The van der Waals surface area contributed by atoms with Crippen LogP contribution in [0.4, 0.5) is 23.3 Å². The number of fused-ring (bicyclic) bond motifs is 1. The number of para-hydroxylation sites is 1. The van der Waals surface area contributed by atoms with Crippen molar-refractivity contribution in [2.45, 2.75) is 12.8 Å². The summed E-state index contributed by atoms with van der Waals surface area (Å²) in [5.41, 5.74) is 10.7. The van der Waals surface area contributed by atoms with Crippen LogP contribution in [0, 0.1) is 0 Å². The Morgan fingerprint density at radius 2 is 2.05 bits per heavy atom. The molecule has 1 aromatic heterocycles. The number of benzene rings is 1. The number of nitrogens with one attached hydrogen (secondary N) is 1. The van der Waals surface area contributed by atoms with E-state index in [4.69, 9.17) is 11.6 Å². The number of rotatable bonds is 2. The first-order valence-electron chi connectivity index (χ1n) is 6.24. The predicted molar refractivity (Wildman–Crippen MR) is 76.0 cm³/mol. The standard InChI is InChI=1S/C13H16N6/c14-13-16-11(18-15)8-12(17-13)19-7-3-5-9-4-1-2-6-10(9)19/h1-2,4,6,8H,3,5,7,15H2,(H3,14,16,17,18). The van der Waals surface area contributed by atoms with Crippen molar-refractivity contribution < 1.29 is 0 Å². The van der Waals surface area contributed by atoms with Gasteiger partial charge in [-0.1, -0.05) is 18.2 Å². The highest BCUT2D eigenvalue weighted by Gasteiger charge is 2.19. The summed E-state index contributed by atoms with van der Waals surface area (Å²) in [7, 11) is 0. The van der Waals surface area contributed by atoms with E-state index in [1.54, 1.807) is 6.07 Å². The van der Waals surface area contributed by atoms with Crippen LogP contribution in [-0.2, 0) is 6.42 Å². The number of aromatic nitrogens is 2. The zero-order valence-electron chi connectivity index (χ0n) is 10.5. The summed E-state index contributed by atoms with van der Waals surface area (Å²) < 4.78 is 0. The molecule has 0 spiro atoms. The third-order valence-corrected chi connectivity index (χ3v) is 3.26. The molecule has 5 N–H and O–H groups in total. The molecule has 0 bridgehead atoms. The molecule has 0 saturated carbocycles. The Kier molecular flexibility index (Phi) is 2.92. The van der Waals surface area contributed by atoms with Crippen molar-refractivity contribution in [3.8, 4) is 0 Å². The van der Waals surface area contributed by atoms with Crippen LogP contribution in [0.2, 0.25) is 0 Å². The van der Waals surface area contributed by atoms with E-state index >= 15 is 0 Å². The van der Waals surface area contributed by atoms with E-state index in [0.717, 1.165) is 25.2 Å². The fraction of sp³-hybridized carbons (Fsp3) is 0.231. The van der Waals surface area contributed by atoms with Crippen molar-refractivity contribution >= 4 is 23.3 Å². The van der Waals surface area contributed by atoms with Crippen LogP contribution in [0.25, 0.3) is 0 Å². The summed E-state index contributed by atoms with van der Waals surface area (Å²) in [4.78, 5) is 10.5. The molecule has 6 heteroatoms. The summed E-state index contributed by atoms with van der Waals surface area (Å²) in [5, 5.41) is 0. The molecule has 0 amide bonds. The number of hydrogen-bond donors (Lipinski definition) is 3. The van der Waals surface area contributed by atoms with Crippen LogP contribution in [0.1, 0.15) is 12.0 Å². The minimum Gasteiger partial charge on any atom is -0.368 e. The van der Waals surface area contributed by atoms with Crippen molar-refractivity contribution in [2.24, 2.45) is 5.84 Å². The third kappa shape index (κ3) is 2.17. The maximum absolute atomic E-state index is 5.72. The lowest BCUT2D eigenvalue weighted by Crippen LogP contribution is -2.26. The van der Waals surface area contributed by atoms with Gasteiger partial charge in [-0.3, -0.25) is 0 Å². The molecule has 0 fully saturated rings. The largest absolute Gasteiger partial charge is 0.368 e. The molecule has 1 aliphatic rings. The van der Waals surface area contributed by atoms with Gasteiger partial charge in [0.05, 0.1) is 0 Å². The van der Waals surface area contributed by atoms with Gasteiger partial charge >= 0.3 is 0 Å². The molecule has 1 aliphatic heterocycles. The van der Waals surface area contributed by atoms with Crippen LogP contribution in [0.3, 0.4) is 0 Å². The number of hydrogen-bond acceptors (Lipinski definition) is 6. The zero-order valence-corrected chi connectivity index (χ0v) is 10.5. The first-order valence-corrected chi connectivity index (χ1v) is 6.24. The summed E-state index contributed by atoms with van der Waals surface area (Å²) in [6.45, 7) is 0.914. The lowest BCUT2D eigenvalue weighted by Gasteiger charge is -2.30. The van der Waals surface area contributed by atoms with Gasteiger partial charge in [0.15, 0.2) is 0 Å². The van der Waals surface area contributed by atoms with E-state index in [2.05, 4.69) is 38.5 Å². The summed E-state index contributed by atoms with van der Waals surface area (Å²) >= 11 is 0. The highest BCUT2D eigenvalue weighted by Crippen LogP contribution is 2.32.